The number of aromatic nitrogens is 3. The molecular formula is C27H27N5O3. The molecule has 0 radical (unpaired) electrons. The summed E-state index contributed by atoms with van der Waals surface area (Å²) in [6.07, 6.45) is 1.61. The summed E-state index contributed by atoms with van der Waals surface area (Å²) in [5.41, 5.74) is 2.20. The Labute approximate surface area is 202 Å². The standard InChI is InChI=1S/C25H21N5O3.C2H6/c1-29-22-20(12-13-26-23(22)30(2)25(29)32)33-21-15-18(14-16-8-6-7-11-19(16)21)28-24(31)27-17-9-4-3-5-10-17;1-2/h3-15H,1-2H3,(H2,27,28,31);1-2H3. The van der Waals surface area contributed by atoms with Crippen LogP contribution in [0, 0.1) is 0 Å². The van der Waals surface area contributed by atoms with Crippen LogP contribution in [0.2, 0.25) is 0 Å². The third-order valence-electron chi connectivity index (χ3n) is 5.43. The number of fused-ring (bicyclic) bond motifs is 2. The van der Waals surface area contributed by atoms with E-state index in [1.54, 1.807) is 32.4 Å². The molecule has 2 amide bonds. The average molecular weight is 470 g/mol. The van der Waals surface area contributed by atoms with E-state index in [-0.39, 0.29) is 11.7 Å². The molecule has 0 saturated carbocycles. The van der Waals surface area contributed by atoms with Crippen molar-refractivity contribution in [2.45, 2.75) is 13.8 Å². The Bertz CT molecular complexity index is 1550. The van der Waals surface area contributed by atoms with Gasteiger partial charge in [-0.05, 0) is 23.6 Å². The highest BCUT2D eigenvalue weighted by molar-refractivity contribution is 6.02. The minimum absolute atomic E-state index is 0.189. The molecule has 178 valence electrons. The molecule has 35 heavy (non-hydrogen) atoms. The van der Waals surface area contributed by atoms with Crippen LogP contribution in [0.5, 0.6) is 11.5 Å². The Hall–Kier alpha value is -4.59. The topological polar surface area (TPSA) is 90.2 Å². The maximum atomic E-state index is 12.5. The van der Waals surface area contributed by atoms with Crippen LogP contribution in [0.25, 0.3) is 21.9 Å². The van der Waals surface area contributed by atoms with Gasteiger partial charge in [0.2, 0.25) is 0 Å². The molecular weight excluding hydrogens is 442 g/mol. The number of imidazole rings is 1. The van der Waals surface area contributed by atoms with Gasteiger partial charge in [-0.25, -0.2) is 14.6 Å². The third-order valence-corrected chi connectivity index (χ3v) is 5.43. The van der Waals surface area contributed by atoms with Gasteiger partial charge in [-0.3, -0.25) is 9.13 Å². The maximum absolute atomic E-state index is 12.5. The van der Waals surface area contributed by atoms with Gasteiger partial charge in [0.1, 0.15) is 11.3 Å². The number of nitrogens with one attached hydrogen (secondary N) is 2. The van der Waals surface area contributed by atoms with Crippen LogP contribution < -0.4 is 21.1 Å². The lowest BCUT2D eigenvalue weighted by molar-refractivity contribution is 0.262. The smallest absolute Gasteiger partial charge is 0.329 e. The number of carbonyl (C=O) groups excluding carboxylic acids is 1. The van der Waals surface area contributed by atoms with E-state index < -0.39 is 0 Å². The fraction of sp³-hybridized carbons (Fsp3) is 0.148. The summed E-state index contributed by atoms with van der Waals surface area (Å²) in [6, 6.07) is 22.0. The first-order valence-corrected chi connectivity index (χ1v) is 11.4. The van der Waals surface area contributed by atoms with Crippen LogP contribution >= 0.6 is 0 Å². The van der Waals surface area contributed by atoms with Crippen molar-refractivity contribution in [3.63, 3.8) is 0 Å². The van der Waals surface area contributed by atoms with E-state index in [2.05, 4.69) is 15.6 Å². The molecule has 0 fully saturated rings. The number of anilines is 2. The van der Waals surface area contributed by atoms with Crippen LogP contribution in [0.4, 0.5) is 16.2 Å². The Balaban J connectivity index is 0.00000141. The Morgan fingerprint density at radius 2 is 1.51 bits per heavy atom. The number of aryl methyl sites for hydroxylation is 2. The number of urea groups is 1. The van der Waals surface area contributed by atoms with Crippen molar-refractivity contribution in [1.29, 1.82) is 0 Å². The van der Waals surface area contributed by atoms with Gasteiger partial charge in [-0.2, -0.15) is 0 Å². The summed E-state index contributed by atoms with van der Waals surface area (Å²) in [4.78, 5) is 29.3. The van der Waals surface area contributed by atoms with Crippen LogP contribution in [-0.2, 0) is 14.1 Å². The predicted octanol–water partition coefficient (Wildman–Crippen LogP) is 5.89. The number of carbonyl (C=O) groups is 1. The van der Waals surface area contributed by atoms with Crippen molar-refractivity contribution in [2.24, 2.45) is 14.1 Å². The van der Waals surface area contributed by atoms with E-state index in [0.29, 0.717) is 34.0 Å². The number of hydrogen-bond acceptors (Lipinski definition) is 4. The number of hydrogen-bond donors (Lipinski definition) is 2. The summed E-state index contributed by atoms with van der Waals surface area (Å²) in [5.74, 6) is 1.04. The molecule has 0 aliphatic carbocycles. The number of pyridine rings is 1. The van der Waals surface area contributed by atoms with Crippen LogP contribution in [0.3, 0.4) is 0 Å². The second kappa shape index (κ2) is 10.1. The van der Waals surface area contributed by atoms with Gasteiger partial charge in [0.05, 0.1) is 0 Å². The average Bonchev–Trinajstić information content (AvgIpc) is 3.10. The third kappa shape index (κ3) is 4.72. The number of nitrogens with zero attached hydrogens (tertiary/aromatic N) is 3. The molecule has 0 spiro atoms. The lowest BCUT2D eigenvalue weighted by Crippen LogP contribution is -2.19. The highest BCUT2D eigenvalue weighted by atomic mass is 16.5. The second-order valence-electron chi connectivity index (χ2n) is 7.62. The number of rotatable bonds is 4. The number of amides is 2. The summed E-state index contributed by atoms with van der Waals surface area (Å²) in [5, 5.41) is 7.45. The molecule has 8 nitrogen and oxygen atoms in total. The quantitative estimate of drug-likeness (QED) is 0.344. The van der Waals surface area contributed by atoms with Crippen molar-refractivity contribution >= 4 is 39.3 Å². The molecule has 0 saturated heterocycles. The molecule has 0 aliphatic heterocycles. The van der Waals surface area contributed by atoms with Crippen molar-refractivity contribution in [1.82, 2.24) is 14.1 Å². The van der Waals surface area contributed by atoms with Gasteiger partial charge < -0.3 is 15.4 Å². The lowest BCUT2D eigenvalue weighted by Gasteiger charge is -2.14. The van der Waals surface area contributed by atoms with Crippen LogP contribution in [0.1, 0.15) is 13.8 Å². The van der Waals surface area contributed by atoms with E-state index in [1.165, 1.54) is 9.13 Å². The molecule has 8 heteroatoms. The minimum atomic E-state index is -0.362. The van der Waals surface area contributed by atoms with E-state index in [9.17, 15) is 9.59 Å². The maximum Gasteiger partial charge on any atom is 0.329 e. The highest BCUT2D eigenvalue weighted by Gasteiger charge is 2.16. The lowest BCUT2D eigenvalue weighted by atomic mass is 10.1. The molecule has 5 rings (SSSR count). The highest BCUT2D eigenvalue weighted by Crippen LogP contribution is 2.35. The van der Waals surface area contributed by atoms with Crippen molar-refractivity contribution in [2.75, 3.05) is 10.6 Å². The first-order valence-electron chi connectivity index (χ1n) is 11.4. The molecule has 0 aliphatic rings. The van der Waals surface area contributed by atoms with Gasteiger partial charge in [-0.15, -0.1) is 0 Å². The Kier molecular flexibility index (Phi) is 6.82. The number of para-hydroxylation sites is 1. The molecule has 2 heterocycles. The monoisotopic (exact) mass is 469 g/mol. The summed E-state index contributed by atoms with van der Waals surface area (Å²) in [7, 11) is 3.36. The zero-order chi connectivity index (χ0) is 24.9. The van der Waals surface area contributed by atoms with Crippen LogP contribution in [-0.4, -0.2) is 20.1 Å². The fourth-order valence-electron chi connectivity index (χ4n) is 3.85. The minimum Gasteiger partial charge on any atom is -0.454 e. The first kappa shape index (κ1) is 23.6. The second-order valence-corrected chi connectivity index (χ2v) is 7.62. The molecule has 2 N–H and O–H groups in total. The fourth-order valence-corrected chi connectivity index (χ4v) is 3.85. The van der Waals surface area contributed by atoms with Gasteiger partial charge in [0.15, 0.2) is 11.4 Å². The van der Waals surface area contributed by atoms with Gasteiger partial charge >= 0.3 is 11.7 Å². The molecule has 0 unspecified atom stereocenters. The van der Waals surface area contributed by atoms with Crippen LogP contribution in [0.15, 0.2) is 83.8 Å². The van der Waals surface area contributed by atoms with Crippen molar-refractivity contribution in [3.8, 4) is 11.5 Å². The molecule has 0 bridgehead atoms. The molecule has 5 aromatic rings. The largest absolute Gasteiger partial charge is 0.454 e. The molecule has 3 aromatic carbocycles. The summed E-state index contributed by atoms with van der Waals surface area (Å²) in [6.45, 7) is 4.00. The Morgan fingerprint density at radius 1 is 0.829 bits per heavy atom. The summed E-state index contributed by atoms with van der Waals surface area (Å²) >= 11 is 0. The van der Waals surface area contributed by atoms with E-state index in [4.69, 9.17) is 4.74 Å². The SMILES string of the molecule is CC.Cn1c(=O)n(C)c2c(Oc3cc(NC(=O)Nc4ccccc4)cc4ccccc34)ccnc21. The van der Waals surface area contributed by atoms with Gasteiger partial charge in [0, 0.05) is 49.2 Å². The van der Waals surface area contributed by atoms with Crippen molar-refractivity contribution < 1.29 is 9.53 Å². The molecule has 2 aromatic heterocycles. The van der Waals surface area contributed by atoms with E-state index in [0.717, 1.165) is 10.8 Å². The van der Waals surface area contributed by atoms with Gasteiger partial charge in [-0.1, -0.05) is 56.3 Å². The zero-order valence-electron chi connectivity index (χ0n) is 20.1. The Morgan fingerprint density at radius 3 is 2.29 bits per heavy atom. The van der Waals surface area contributed by atoms with E-state index >= 15 is 0 Å². The van der Waals surface area contributed by atoms with Crippen molar-refractivity contribution in [3.05, 3.63) is 89.5 Å². The summed E-state index contributed by atoms with van der Waals surface area (Å²) < 4.78 is 9.30. The molecule has 0 atom stereocenters. The normalized spacial score (nSPS) is 10.5. The first-order chi connectivity index (χ1) is 17.0. The predicted molar refractivity (Wildman–Crippen MR) is 140 cm³/mol. The van der Waals surface area contributed by atoms with Gasteiger partial charge in [0.25, 0.3) is 0 Å². The number of ether oxygens (including phenoxy) is 1. The van der Waals surface area contributed by atoms with E-state index in [1.807, 2.05) is 74.5 Å². The number of benzene rings is 3. The zero-order valence-corrected chi connectivity index (χ0v) is 20.1.